The zero-order chi connectivity index (χ0) is 16.8. The maximum atomic E-state index is 12.2. The molecule has 126 valence electrons. The Balaban J connectivity index is 2.32. The van der Waals surface area contributed by atoms with Gasteiger partial charge in [-0.25, -0.2) is 0 Å². The van der Waals surface area contributed by atoms with Gasteiger partial charge in [-0.1, -0.05) is 0 Å². The van der Waals surface area contributed by atoms with E-state index in [0.29, 0.717) is 36.1 Å². The molecule has 0 saturated heterocycles. The highest BCUT2D eigenvalue weighted by Crippen LogP contribution is 2.43. The molecule has 0 atom stereocenters. The summed E-state index contributed by atoms with van der Waals surface area (Å²) in [6, 6.07) is 3.51. The molecule has 2 N–H and O–H groups in total. The number of carbonyl (C=O) groups excluding carboxylic acids is 1. The van der Waals surface area contributed by atoms with Crippen LogP contribution in [-0.2, 0) is 4.74 Å². The smallest absolute Gasteiger partial charge is 0.267 e. The first kappa shape index (κ1) is 17.0. The van der Waals surface area contributed by atoms with Crippen LogP contribution in [0.15, 0.2) is 12.1 Å². The highest BCUT2D eigenvalue weighted by molar-refractivity contribution is 6.01. The van der Waals surface area contributed by atoms with Gasteiger partial charge in [-0.05, 0) is 12.5 Å². The van der Waals surface area contributed by atoms with Gasteiger partial charge in [0.2, 0.25) is 5.75 Å². The van der Waals surface area contributed by atoms with Crippen molar-refractivity contribution in [3.63, 3.8) is 0 Å². The van der Waals surface area contributed by atoms with Crippen LogP contribution in [0.5, 0.6) is 17.2 Å². The van der Waals surface area contributed by atoms with E-state index < -0.39 is 0 Å². The van der Waals surface area contributed by atoms with Crippen molar-refractivity contribution in [2.45, 2.75) is 6.42 Å². The topological polar surface area (TPSA) is 81.8 Å². The monoisotopic (exact) mass is 322 g/mol. The number of H-pyrrole nitrogens is 1. The molecule has 0 aliphatic rings. The summed E-state index contributed by atoms with van der Waals surface area (Å²) >= 11 is 0. The van der Waals surface area contributed by atoms with E-state index in [9.17, 15) is 4.79 Å². The Bertz CT molecular complexity index is 681. The number of methoxy groups -OCH3 is 4. The lowest BCUT2D eigenvalue weighted by molar-refractivity contribution is 0.0944. The molecule has 2 aromatic rings. The molecule has 0 fully saturated rings. The van der Waals surface area contributed by atoms with Crippen molar-refractivity contribution in [1.29, 1.82) is 0 Å². The molecule has 1 aromatic carbocycles. The van der Waals surface area contributed by atoms with Crippen LogP contribution >= 0.6 is 0 Å². The summed E-state index contributed by atoms with van der Waals surface area (Å²) in [5, 5.41) is 3.59. The van der Waals surface area contributed by atoms with E-state index in [-0.39, 0.29) is 5.91 Å². The van der Waals surface area contributed by atoms with Gasteiger partial charge in [-0.15, -0.1) is 0 Å². The van der Waals surface area contributed by atoms with Crippen LogP contribution in [0.4, 0.5) is 0 Å². The molecule has 1 aromatic heterocycles. The molecule has 1 amide bonds. The van der Waals surface area contributed by atoms with Gasteiger partial charge in [-0.3, -0.25) is 4.79 Å². The van der Waals surface area contributed by atoms with Gasteiger partial charge in [0, 0.05) is 31.7 Å². The van der Waals surface area contributed by atoms with E-state index in [1.54, 1.807) is 40.6 Å². The fraction of sp³-hybridized carbons (Fsp3) is 0.438. The molecule has 0 aliphatic carbocycles. The average Bonchev–Trinajstić information content (AvgIpc) is 3.00. The van der Waals surface area contributed by atoms with Crippen molar-refractivity contribution >= 4 is 16.8 Å². The predicted octanol–water partition coefficient (Wildman–Crippen LogP) is 1.96. The zero-order valence-electron chi connectivity index (χ0n) is 13.8. The quantitative estimate of drug-likeness (QED) is 0.726. The van der Waals surface area contributed by atoms with Gasteiger partial charge in [0.1, 0.15) is 5.69 Å². The minimum Gasteiger partial charge on any atom is -0.493 e. The first-order chi connectivity index (χ1) is 11.2. The van der Waals surface area contributed by atoms with Gasteiger partial charge < -0.3 is 29.2 Å². The molecule has 0 spiro atoms. The maximum Gasteiger partial charge on any atom is 0.267 e. The largest absolute Gasteiger partial charge is 0.493 e. The van der Waals surface area contributed by atoms with Crippen molar-refractivity contribution in [3.05, 3.63) is 17.8 Å². The number of carbonyl (C=O) groups is 1. The van der Waals surface area contributed by atoms with Crippen molar-refractivity contribution in [2.24, 2.45) is 0 Å². The molecule has 0 unspecified atom stereocenters. The first-order valence-electron chi connectivity index (χ1n) is 7.25. The maximum absolute atomic E-state index is 12.2. The average molecular weight is 322 g/mol. The molecule has 7 nitrogen and oxygen atoms in total. The highest BCUT2D eigenvalue weighted by atomic mass is 16.5. The van der Waals surface area contributed by atoms with Gasteiger partial charge in [0.05, 0.1) is 26.8 Å². The summed E-state index contributed by atoms with van der Waals surface area (Å²) < 4.78 is 21.0. The fourth-order valence-electron chi connectivity index (χ4n) is 2.39. The van der Waals surface area contributed by atoms with Crippen LogP contribution in [0.2, 0.25) is 0 Å². The molecular weight excluding hydrogens is 300 g/mol. The fourth-order valence-corrected chi connectivity index (χ4v) is 2.39. The predicted molar refractivity (Wildman–Crippen MR) is 86.8 cm³/mol. The van der Waals surface area contributed by atoms with Crippen LogP contribution in [0.3, 0.4) is 0 Å². The van der Waals surface area contributed by atoms with E-state index in [1.807, 2.05) is 0 Å². The number of hydrogen-bond donors (Lipinski definition) is 2. The Hall–Kier alpha value is -2.41. The minimum absolute atomic E-state index is 0.183. The number of amides is 1. The van der Waals surface area contributed by atoms with Crippen molar-refractivity contribution in [1.82, 2.24) is 10.3 Å². The van der Waals surface area contributed by atoms with Crippen LogP contribution in [-0.4, -0.2) is 52.5 Å². The Morgan fingerprint density at radius 2 is 1.83 bits per heavy atom. The summed E-state index contributed by atoms with van der Waals surface area (Å²) in [7, 11) is 6.28. The molecule has 0 radical (unpaired) electrons. The lowest BCUT2D eigenvalue weighted by atomic mass is 10.2. The van der Waals surface area contributed by atoms with Crippen molar-refractivity contribution in [2.75, 3.05) is 41.6 Å². The van der Waals surface area contributed by atoms with Gasteiger partial charge >= 0.3 is 0 Å². The minimum atomic E-state index is -0.183. The first-order valence-corrected chi connectivity index (χ1v) is 7.25. The standard InChI is InChI=1S/C16H22N2O5/c1-20-7-5-6-17-16(19)12-8-10-11(18-12)9-13(21-2)15(23-4)14(10)22-3/h8-9,18H,5-7H2,1-4H3,(H,17,19). The number of benzene rings is 1. The summed E-state index contributed by atoms with van der Waals surface area (Å²) in [6.45, 7) is 1.15. The second kappa shape index (κ2) is 7.73. The number of hydrogen-bond acceptors (Lipinski definition) is 5. The van der Waals surface area contributed by atoms with Crippen LogP contribution < -0.4 is 19.5 Å². The number of aromatic amines is 1. The molecule has 23 heavy (non-hydrogen) atoms. The zero-order valence-corrected chi connectivity index (χ0v) is 13.8. The van der Waals surface area contributed by atoms with Crippen LogP contribution in [0.1, 0.15) is 16.9 Å². The van der Waals surface area contributed by atoms with Crippen LogP contribution in [0, 0.1) is 0 Å². The highest BCUT2D eigenvalue weighted by Gasteiger charge is 2.19. The second-order valence-corrected chi connectivity index (χ2v) is 4.89. The van der Waals surface area contributed by atoms with E-state index in [1.165, 1.54) is 0 Å². The second-order valence-electron chi connectivity index (χ2n) is 4.89. The Labute approximate surface area is 134 Å². The SMILES string of the molecule is COCCCNC(=O)c1cc2c(OC)c(OC)c(OC)cc2[nH]1. The number of ether oxygens (including phenoxy) is 4. The summed E-state index contributed by atoms with van der Waals surface area (Å²) in [6.07, 6.45) is 0.757. The Morgan fingerprint density at radius 3 is 2.43 bits per heavy atom. The number of rotatable bonds is 8. The number of nitrogens with one attached hydrogen (secondary N) is 2. The molecule has 1 heterocycles. The van der Waals surface area contributed by atoms with Crippen molar-refractivity contribution < 1.29 is 23.7 Å². The van der Waals surface area contributed by atoms with E-state index in [2.05, 4.69) is 10.3 Å². The molecule has 0 aliphatic heterocycles. The van der Waals surface area contributed by atoms with Gasteiger partial charge in [0.25, 0.3) is 5.91 Å². The lowest BCUT2D eigenvalue weighted by Crippen LogP contribution is -2.25. The lowest BCUT2D eigenvalue weighted by Gasteiger charge is -2.12. The summed E-state index contributed by atoms with van der Waals surface area (Å²) in [5.41, 5.74) is 1.19. The van der Waals surface area contributed by atoms with Gasteiger partial charge in [-0.2, -0.15) is 0 Å². The third-order valence-electron chi connectivity index (χ3n) is 3.48. The number of aromatic nitrogens is 1. The van der Waals surface area contributed by atoms with Gasteiger partial charge in [0.15, 0.2) is 11.5 Å². The Morgan fingerprint density at radius 1 is 1.09 bits per heavy atom. The third kappa shape index (κ3) is 3.50. The van der Waals surface area contributed by atoms with E-state index >= 15 is 0 Å². The molecule has 0 bridgehead atoms. The summed E-state index contributed by atoms with van der Waals surface area (Å²) in [4.78, 5) is 15.3. The van der Waals surface area contributed by atoms with E-state index in [4.69, 9.17) is 18.9 Å². The normalized spacial score (nSPS) is 10.6. The molecule has 0 saturated carbocycles. The van der Waals surface area contributed by atoms with E-state index in [0.717, 1.165) is 17.3 Å². The molecule has 2 rings (SSSR count). The van der Waals surface area contributed by atoms with Crippen LogP contribution in [0.25, 0.3) is 10.9 Å². The third-order valence-corrected chi connectivity index (χ3v) is 3.48. The Kier molecular flexibility index (Phi) is 5.70. The summed E-state index contributed by atoms with van der Waals surface area (Å²) in [5.74, 6) is 1.37. The van der Waals surface area contributed by atoms with Crippen molar-refractivity contribution in [3.8, 4) is 17.2 Å². The number of fused-ring (bicyclic) bond motifs is 1. The molecular formula is C16H22N2O5. The molecule has 7 heteroatoms.